The third-order valence-electron chi connectivity index (χ3n) is 4.91. The zero-order valence-electron chi connectivity index (χ0n) is 15.0. The zero-order chi connectivity index (χ0) is 19.7. The first kappa shape index (κ1) is 18.3. The van der Waals surface area contributed by atoms with E-state index in [1.807, 2.05) is 24.3 Å². The molecule has 1 aliphatic heterocycles. The monoisotopic (exact) mass is 394 g/mol. The van der Waals surface area contributed by atoms with Crippen molar-refractivity contribution in [2.45, 2.75) is 23.7 Å². The van der Waals surface area contributed by atoms with Gasteiger partial charge in [0.15, 0.2) is 11.7 Å². The maximum atomic E-state index is 12.8. The number of H-pyrrole nitrogens is 1. The van der Waals surface area contributed by atoms with E-state index in [4.69, 9.17) is 0 Å². The number of imidazole rings is 1. The second-order valence-corrected chi connectivity index (χ2v) is 8.64. The molecule has 0 radical (unpaired) electrons. The summed E-state index contributed by atoms with van der Waals surface area (Å²) in [6.07, 6.45) is 1.72. The maximum absolute atomic E-state index is 12.8. The van der Waals surface area contributed by atoms with Gasteiger partial charge in [-0.15, -0.1) is 0 Å². The Balaban J connectivity index is 1.61. The van der Waals surface area contributed by atoms with Gasteiger partial charge >= 0.3 is 0 Å². The number of carbonyl (C=O) groups excluding carboxylic acids is 1. The summed E-state index contributed by atoms with van der Waals surface area (Å²) < 4.78 is 26.7. The molecule has 7 nitrogen and oxygen atoms in total. The molecule has 4 rings (SSSR count). The molecule has 28 heavy (non-hydrogen) atoms. The molecule has 1 atom stereocenters. The summed E-state index contributed by atoms with van der Waals surface area (Å²) in [5.74, 6) is -1.23. The van der Waals surface area contributed by atoms with Gasteiger partial charge in [0.05, 0.1) is 22.0 Å². The second kappa shape index (κ2) is 7.19. The van der Waals surface area contributed by atoms with Gasteiger partial charge in [-0.05, 0) is 37.1 Å². The summed E-state index contributed by atoms with van der Waals surface area (Å²) in [5.41, 5.74) is 1.70. The van der Waals surface area contributed by atoms with E-state index in [0.29, 0.717) is 18.6 Å². The first-order valence-corrected chi connectivity index (χ1v) is 10.4. The highest BCUT2D eigenvalue weighted by atomic mass is 32.2. The van der Waals surface area contributed by atoms with E-state index in [1.165, 1.54) is 28.6 Å². The Labute approximate surface area is 162 Å². The third-order valence-corrected chi connectivity index (χ3v) is 6.83. The van der Waals surface area contributed by atoms with Gasteiger partial charge in [-0.1, -0.05) is 24.3 Å². The van der Waals surface area contributed by atoms with Gasteiger partial charge in [-0.2, -0.15) is 9.57 Å². The molecule has 2 aromatic carbocycles. The van der Waals surface area contributed by atoms with E-state index in [-0.39, 0.29) is 16.3 Å². The predicted octanol–water partition coefficient (Wildman–Crippen LogP) is 2.84. The van der Waals surface area contributed by atoms with Crippen LogP contribution in [-0.4, -0.2) is 41.6 Å². The first-order valence-electron chi connectivity index (χ1n) is 8.99. The Morgan fingerprint density at radius 2 is 1.79 bits per heavy atom. The SMILES string of the molecule is N#CC(C(=O)c1ccc(S(=O)(=O)N2CCCC2)cc1)c1nc2ccccc2[nH]1. The van der Waals surface area contributed by atoms with Crippen LogP contribution in [0.5, 0.6) is 0 Å². The van der Waals surface area contributed by atoms with Crippen LogP contribution in [0.15, 0.2) is 53.4 Å². The highest BCUT2D eigenvalue weighted by Crippen LogP contribution is 2.24. The third kappa shape index (κ3) is 3.19. The Hall–Kier alpha value is -3.02. The molecule has 3 aromatic rings. The molecule has 0 saturated carbocycles. The zero-order valence-corrected chi connectivity index (χ0v) is 15.8. The van der Waals surface area contributed by atoms with Crippen molar-refractivity contribution in [3.63, 3.8) is 0 Å². The Morgan fingerprint density at radius 3 is 2.43 bits per heavy atom. The van der Waals surface area contributed by atoms with Crippen LogP contribution < -0.4 is 0 Å². The standard InChI is InChI=1S/C20H18N4O3S/c21-13-16(20-22-17-5-1-2-6-18(17)23-20)19(25)14-7-9-15(10-8-14)28(26,27)24-11-3-4-12-24/h1-2,5-10,16H,3-4,11-12H2,(H,22,23). The highest BCUT2D eigenvalue weighted by molar-refractivity contribution is 7.89. The van der Waals surface area contributed by atoms with Crippen molar-refractivity contribution < 1.29 is 13.2 Å². The van der Waals surface area contributed by atoms with Crippen molar-refractivity contribution in [2.75, 3.05) is 13.1 Å². The van der Waals surface area contributed by atoms with Crippen LogP contribution in [0.25, 0.3) is 11.0 Å². The molecule has 2 heterocycles. The van der Waals surface area contributed by atoms with Crippen molar-refractivity contribution >= 4 is 26.8 Å². The summed E-state index contributed by atoms with van der Waals surface area (Å²) in [4.78, 5) is 20.3. The minimum Gasteiger partial charge on any atom is -0.340 e. The predicted molar refractivity (Wildman–Crippen MR) is 103 cm³/mol. The van der Waals surface area contributed by atoms with Crippen LogP contribution in [0.3, 0.4) is 0 Å². The van der Waals surface area contributed by atoms with E-state index in [0.717, 1.165) is 18.4 Å². The molecule has 1 aromatic heterocycles. The highest BCUT2D eigenvalue weighted by Gasteiger charge is 2.28. The number of para-hydroxylation sites is 2. The molecule has 8 heteroatoms. The summed E-state index contributed by atoms with van der Waals surface area (Å²) in [7, 11) is -3.54. The average molecular weight is 394 g/mol. The fourth-order valence-electron chi connectivity index (χ4n) is 3.39. The van der Waals surface area contributed by atoms with Crippen molar-refractivity contribution in [1.82, 2.24) is 14.3 Å². The number of sulfonamides is 1. The lowest BCUT2D eigenvalue weighted by Crippen LogP contribution is -2.27. The Kier molecular flexibility index (Phi) is 4.71. The lowest BCUT2D eigenvalue weighted by atomic mass is 9.98. The summed E-state index contributed by atoms with van der Waals surface area (Å²) in [5, 5.41) is 9.53. The largest absolute Gasteiger partial charge is 0.340 e. The quantitative estimate of drug-likeness (QED) is 0.670. The van der Waals surface area contributed by atoms with Crippen molar-refractivity contribution in [1.29, 1.82) is 5.26 Å². The number of aromatic nitrogens is 2. The molecule has 1 N–H and O–H groups in total. The molecule has 1 saturated heterocycles. The summed E-state index contributed by atoms with van der Waals surface area (Å²) in [6.45, 7) is 1.04. The number of ketones is 1. The van der Waals surface area contributed by atoms with E-state index in [1.54, 1.807) is 6.07 Å². The van der Waals surface area contributed by atoms with Gasteiger partial charge in [0, 0.05) is 18.7 Å². The first-order chi connectivity index (χ1) is 13.5. The molecular formula is C20H18N4O3S. The van der Waals surface area contributed by atoms with Crippen LogP contribution in [0.1, 0.15) is 34.9 Å². The summed E-state index contributed by atoms with van der Waals surface area (Å²) >= 11 is 0. The van der Waals surface area contributed by atoms with Gasteiger partial charge in [0.2, 0.25) is 10.0 Å². The molecule has 0 spiro atoms. The van der Waals surface area contributed by atoms with E-state index in [9.17, 15) is 18.5 Å². The molecule has 1 aliphatic rings. The number of rotatable bonds is 5. The normalized spacial score (nSPS) is 16.1. The van der Waals surface area contributed by atoms with E-state index in [2.05, 4.69) is 9.97 Å². The number of fused-ring (bicyclic) bond motifs is 1. The van der Waals surface area contributed by atoms with Crippen molar-refractivity contribution in [3.05, 3.63) is 59.9 Å². The van der Waals surface area contributed by atoms with E-state index >= 15 is 0 Å². The second-order valence-electron chi connectivity index (χ2n) is 6.70. The molecule has 1 unspecified atom stereocenters. The Morgan fingerprint density at radius 1 is 1.11 bits per heavy atom. The van der Waals surface area contributed by atoms with Gasteiger partial charge < -0.3 is 4.98 Å². The number of hydrogen-bond acceptors (Lipinski definition) is 5. The Bertz CT molecular complexity index is 1140. The molecule has 1 fully saturated rings. The minimum absolute atomic E-state index is 0.156. The fraction of sp³-hybridized carbons (Fsp3) is 0.250. The van der Waals surface area contributed by atoms with Crippen molar-refractivity contribution in [3.8, 4) is 6.07 Å². The lowest BCUT2D eigenvalue weighted by Gasteiger charge is -2.15. The summed E-state index contributed by atoms with van der Waals surface area (Å²) in [6, 6.07) is 15.0. The van der Waals surface area contributed by atoms with Gasteiger partial charge in [0.25, 0.3) is 0 Å². The van der Waals surface area contributed by atoms with Crippen LogP contribution in [0, 0.1) is 11.3 Å². The maximum Gasteiger partial charge on any atom is 0.243 e. The number of hydrogen-bond donors (Lipinski definition) is 1. The number of aromatic amines is 1. The number of nitrogens with zero attached hydrogens (tertiary/aromatic N) is 3. The number of Topliss-reactive ketones (excluding diaryl/α,β-unsaturated/α-hetero) is 1. The molecule has 142 valence electrons. The molecule has 0 bridgehead atoms. The van der Waals surface area contributed by atoms with Crippen LogP contribution in [0.4, 0.5) is 0 Å². The topological polar surface area (TPSA) is 107 Å². The lowest BCUT2D eigenvalue weighted by molar-refractivity contribution is 0.0976. The van der Waals surface area contributed by atoms with E-state index < -0.39 is 21.7 Å². The van der Waals surface area contributed by atoms with Gasteiger partial charge in [0.1, 0.15) is 5.82 Å². The minimum atomic E-state index is -3.54. The fourth-order valence-corrected chi connectivity index (χ4v) is 4.91. The molecule has 0 aliphatic carbocycles. The van der Waals surface area contributed by atoms with Gasteiger partial charge in [-0.25, -0.2) is 13.4 Å². The molecular weight excluding hydrogens is 376 g/mol. The number of carbonyl (C=O) groups is 1. The van der Waals surface area contributed by atoms with Gasteiger partial charge in [-0.3, -0.25) is 4.79 Å². The number of benzene rings is 2. The van der Waals surface area contributed by atoms with Crippen molar-refractivity contribution in [2.24, 2.45) is 0 Å². The molecule has 0 amide bonds. The smallest absolute Gasteiger partial charge is 0.243 e. The van der Waals surface area contributed by atoms with Crippen LogP contribution in [-0.2, 0) is 10.0 Å². The average Bonchev–Trinajstić information content (AvgIpc) is 3.39. The van der Waals surface area contributed by atoms with Crippen LogP contribution in [0.2, 0.25) is 0 Å². The number of nitrogens with one attached hydrogen (secondary N) is 1. The van der Waals surface area contributed by atoms with Crippen LogP contribution >= 0.6 is 0 Å². The number of nitriles is 1.